The van der Waals surface area contributed by atoms with Crippen LogP contribution in [0.15, 0.2) is 11.6 Å². The predicted molar refractivity (Wildman–Crippen MR) is 118 cm³/mol. The van der Waals surface area contributed by atoms with Crippen molar-refractivity contribution in [3.8, 4) is 0 Å². The second-order valence-corrected chi connectivity index (χ2v) is 11.9. The minimum absolute atomic E-state index is 0.0920. The Morgan fingerprint density at radius 1 is 1.07 bits per heavy atom. The molecule has 0 amide bonds. The number of carbonyl (C=O) groups excluding carboxylic acids is 2. The molecular formula is C27H42O2. The van der Waals surface area contributed by atoms with E-state index in [9.17, 15) is 9.59 Å². The Kier molecular flexibility index (Phi) is 5.62. The standard InChI is InChI=1S/C27H42O2/c1-17(2)7-6-8-18(3)22-11-12-23-21-10-9-19-15-20(28)13-14-26(19,4)24(21)16-25(29)27(22,23)5/h9,17-18,21-24H,6-8,10-16H2,1-5H3/t18?,21-,22+,23-,24-,26-,27+/m0/s1. The van der Waals surface area contributed by atoms with Gasteiger partial charge in [-0.2, -0.15) is 0 Å². The number of hydrogen-bond acceptors (Lipinski definition) is 2. The second kappa shape index (κ2) is 7.65. The van der Waals surface area contributed by atoms with Crippen LogP contribution >= 0.6 is 0 Å². The van der Waals surface area contributed by atoms with Crippen LogP contribution in [0.5, 0.6) is 0 Å². The Bertz CT molecular complexity index is 703. The first-order valence-corrected chi connectivity index (χ1v) is 12.4. The lowest BCUT2D eigenvalue weighted by atomic mass is 9.46. The molecular weight excluding hydrogens is 356 g/mol. The molecule has 162 valence electrons. The van der Waals surface area contributed by atoms with Gasteiger partial charge in [-0.3, -0.25) is 9.59 Å². The van der Waals surface area contributed by atoms with E-state index in [1.807, 2.05) is 0 Å². The van der Waals surface area contributed by atoms with Crippen molar-refractivity contribution in [2.24, 2.45) is 46.3 Å². The van der Waals surface area contributed by atoms with Gasteiger partial charge < -0.3 is 0 Å². The van der Waals surface area contributed by atoms with Gasteiger partial charge >= 0.3 is 0 Å². The van der Waals surface area contributed by atoms with Crippen LogP contribution in [0.25, 0.3) is 0 Å². The largest absolute Gasteiger partial charge is 0.299 e. The molecule has 3 fully saturated rings. The van der Waals surface area contributed by atoms with Gasteiger partial charge in [0.15, 0.2) is 0 Å². The van der Waals surface area contributed by atoms with Crippen molar-refractivity contribution in [3.05, 3.63) is 11.6 Å². The van der Waals surface area contributed by atoms with Crippen LogP contribution < -0.4 is 0 Å². The fourth-order valence-electron chi connectivity index (χ4n) is 8.18. The highest BCUT2D eigenvalue weighted by Crippen LogP contribution is 2.66. The molecule has 0 aromatic heterocycles. The molecule has 1 unspecified atom stereocenters. The van der Waals surface area contributed by atoms with Crippen molar-refractivity contribution in [2.45, 2.75) is 98.8 Å². The molecule has 7 atom stereocenters. The summed E-state index contributed by atoms with van der Waals surface area (Å²) in [5, 5.41) is 0. The first-order valence-electron chi connectivity index (χ1n) is 12.4. The van der Waals surface area contributed by atoms with E-state index in [0.717, 1.165) is 25.2 Å². The number of hydrogen-bond donors (Lipinski definition) is 0. The van der Waals surface area contributed by atoms with Gasteiger partial charge in [-0.05, 0) is 66.6 Å². The molecule has 0 saturated heterocycles. The normalized spacial score (nSPS) is 42.9. The molecule has 0 aromatic rings. The van der Waals surface area contributed by atoms with E-state index in [1.54, 1.807) is 0 Å². The minimum atomic E-state index is -0.107. The van der Waals surface area contributed by atoms with Crippen LogP contribution in [0, 0.1) is 46.3 Å². The fraction of sp³-hybridized carbons (Fsp3) is 0.852. The molecule has 4 rings (SSSR count). The summed E-state index contributed by atoms with van der Waals surface area (Å²) in [5.74, 6) is 4.62. The van der Waals surface area contributed by atoms with E-state index >= 15 is 0 Å². The molecule has 29 heavy (non-hydrogen) atoms. The first kappa shape index (κ1) is 21.3. The van der Waals surface area contributed by atoms with E-state index in [4.69, 9.17) is 0 Å². The van der Waals surface area contributed by atoms with Crippen molar-refractivity contribution in [1.82, 2.24) is 0 Å². The van der Waals surface area contributed by atoms with Crippen molar-refractivity contribution >= 4 is 11.6 Å². The first-order chi connectivity index (χ1) is 13.7. The van der Waals surface area contributed by atoms with Gasteiger partial charge in [0, 0.05) is 24.7 Å². The van der Waals surface area contributed by atoms with Crippen LogP contribution in [-0.4, -0.2) is 11.6 Å². The summed E-state index contributed by atoms with van der Waals surface area (Å²) >= 11 is 0. The maximum absolute atomic E-state index is 13.7. The number of Topliss-reactive ketones (excluding diaryl/α,β-unsaturated/α-hetero) is 2. The lowest BCUT2D eigenvalue weighted by molar-refractivity contribution is -0.147. The molecule has 0 radical (unpaired) electrons. The quantitative estimate of drug-likeness (QED) is 0.479. The van der Waals surface area contributed by atoms with Crippen molar-refractivity contribution in [2.75, 3.05) is 0 Å². The SMILES string of the molecule is CC(C)CCCC(C)[C@H]1CC[C@H]2[C@@H]3CC=C4CC(=O)CC[C@]4(C)[C@H]3CC(=O)[C@]12C. The summed E-state index contributed by atoms with van der Waals surface area (Å²) < 4.78 is 0. The van der Waals surface area contributed by atoms with Gasteiger partial charge in [-0.15, -0.1) is 0 Å². The average molecular weight is 399 g/mol. The maximum atomic E-state index is 13.7. The molecule has 0 bridgehead atoms. The maximum Gasteiger partial charge on any atom is 0.139 e. The topological polar surface area (TPSA) is 34.1 Å². The predicted octanol–water partition coefficient (Wildman–Crippen LogP) is 6.78. The third kappa shape index (κ3) is 3.37. The average Bonchev–Trinajstić information content (AvgIpc) is 3.02. The molecule has 0 N–H and O–H groups in total. The van der Waals surface area contributed by atoms with Crippen LogP contribution in [0.2, 0.25) is 0 Å². The molecule has 2 heteroatoms. The molecule has 2 nitrogen and oxygen atoms in total. The molecule has 0 heterocycles. The van der Waals surface area contributed by atoms with Crippen molar-refractivity contribution in [1.29, 1.82) is 0 Å². The van der Waals surface area contributed by atoms with E-state index in [0.29, 0.717) is 54.0 Å². The fourth-order valence-corrected chi connectivity index (χ4v) is 8.18. The molecule has 4 aliphatic rings. The highest BCUT2D eigenvalue weighted by atomic mass is 16.1. The van der Waals surface area contributed by atoms with Crippen LogP contribution in [-0.2, 0) is 9.59 Å². The summed E-state index contributed by atoms with van der Waals surface area (Å²) in [6, 6.07) is 0. The lowest BCUT2D eigenvalue weighted by Crippen LogP contribution is -2.54. The number of rotatable bonds is 5. The summed E-state index contributed by atoms with van der Waals surface area (Å²) in [6.45, 7) is 11.8. The van der Waals surface area contributed by atoms with Crippen LogP contribution in [0.1, 0.15) is 98.8 Å². The van der Waals surface area contributed by atoms with Gasteiger partial charge in [0.1, 0.15) is 11.6 Å². The number of ketones is 2. The smallest absolute Gasteiger partial charge is 0.139 e. The van der Waals surface area contributed by atoms with Crippen LogP contribution in [0.4, 0.5) is 0 Å². The van der Waals surface area contributed by atoms with Gasteiger partial charge in [0.05, 0.1) is 0 Å². The van der Waals surface area contributed by atoms with Gasteiger partial charge in [0.2, 0.25) is 0 Å². The monoisotopic (exact) mass is 398 g/mol. The molecule has 4 aliphatic carbocycles. The van der Waals surface area contributed by atoms with Gasteiger partial charge in [-0.1, -0.05) is 65.5 Å². The van der Waals surface area contributed by atoms with Crippen molar-refractivity contribution < 1.29 is 9.59 Å². The zero-order valence-electron chi connectivity index (χ0n) is 19.4. The Labute approximate surface area is 178 Å². The van der Waals surface area contributed by atoms with E-state index in [1.165, 1.54) is 37.7 Å². The third-order valence-electron chi connectivity index (χ3n) is 10.00. The highest BCUT2D eigenvalue weighted by Gasteiger charge is 2.62. The number of carbonyl (C=O) groups is 2. The van der Waals surface area contributed by atoms with Gasteiger partial charge in [0.25, 0.3) is 0 Å². The zero-order valence-corrected chi connectivity index (χ0v) is 19.4. The molecule has 0 aromatic carbocycles. The molecule has 0 spiro atoms. The van der Waals surface area contributed by atoms with Gasteiger partial charge in [-0.25, -0.2) is 0 Å². The van der Waals surface area contributed by atoms with E-state index in [-0.39, 0.29) is 10.8 Å². The Balaban J connectivity index is 1.56. The summed E-state index contributed by atoms with van der Waals surface area (Å²) in [4.78, 5) is 25.8. The van der Waals surface area contributed by atoms with Crippen LogP contribution in [0.3, 0.4) is 0 Å². The molecule has 3 saturated carbocycles. The van der Waals surface area contributed by atoms with E-state index < -0.39 is 0 Å². The Morgan fingerprint density at radius 3 is 2.55 bits per heavy atom. The summed E-state index contributed by atoms with van der Waals surface area (Å²) in [6.07, 6.45) is 13.0. The summed E-state index contributed by atoms with van der Waals surface area (Å²) in [5.41, 5.74) is 1.35. The second-order valence-electron chi connectivity index (χ2n) is 11.9. The highest BCUT2D eigenvalue weighted by molar-refractivity contribution is 5.87. The summed E-state index contributed by atoms with van der Waals surface area (Å²) in [7, 11) is 0. The van der Waals surface area contributed by atoms with Crippen molar-refractivity contribution in [3.63, 3.8) is 0 Å². The Morgan fingerprint density at radius 2 is 1.83 bits per heavy atom. The lowest BCUT2D eigenvalue weighted by Gasteiger charge is -2.57. The Hall–Kier alpha value is -0.920. The number of fused-ring (bicyclic) bond motifs is 5. The minimum Gasteiger partial charge on any atom is -0.299 e. The molecule has 0 aliphatic heterocycles. The zero-order chi connectivity index (χ0) is 21.0. The van der Waals surface area contributed by atoms with E-state index in [2.05, 4.69) is 40.7 Å². The number of allylic oxidation sites excluding steroid dienone is 2. The third-order valence-corrected chi connectivity index (χ3v) is 10.00.